The van der Waals surface area contributed by atoms with Gasteiger partial charge in [0.05, 0.1) is 17.1 Å². The summed E-state index contributed by atoms with van der Waals surface area (Å²) in [6.07, 6.45) is 3.28. The van der Waals surface area contributed by atoms with Gasteiger partial charge in [0.15, 0.2) is 0 Å². The monoisotopic (exact) mass is 319 g/mol. The lowest BCUT2D eigenvalue weighted by Gasteiger charge is -2.01. The first-order chi connectivity index (χ1) is 9.06. The van der Waals surface area contributed by atoms with E-state index in [-0.39, 0.29) is 5.91 Å². The van der Waals surface area contributed by atoms with Crippen molar-refractivity contribution >= 4 is 33.6 Å². The summed E-state index contributed by atoms with van der Waals surface area (Å²) in [6.45, 7) is 3.71. The van der Waals surface area contributed by atoms with Crippen LogP contribution in [0.2, 0.25) is 0 Å². The fraction of sp³-hybridized carbons (Fsp3) is 0.143. The van der Waals surface area contributed by atoms with Crippen LogP contribution in [-0.2, 0) is 4.79 Å². The second kappa shape index (κ2) is 5.84. The highest BCUT2D eigenvalue weighted by Crippen LogP contribution is 2.16. The number of rotatable bonds is 3. The number of hydrogen-bond acceptors (Lipinski definition) is 2. The lowest BCUT2D eigenvalue weighted by molar-refractivity contribution is -0.111. The van der Waals surface area contributed by atoms with Crippen LogP contribution in [0.15, 0.2) is 34.8 Å². The minimum Gasteiger partial charge on any atom is -0.319 e. The summed E-state index contributed by atoms with van der Waals surface area (Å²) in [4.78, 5) is 11.8. The molecule has 98 valence electrons. The molecule has 4 nitrogen and oxygen atoms in total. The number of anilines is 1. The quantitative estimate of drug-likeness (QED) is 0.851. The first-order valence-corrected chi connectivity index (χ1v) is 6.62. The summed E-state index contributed by atoms with van der Waals surface area (Å²) in [6, 6.07) is 7.74. The number of aromatic nitrogens is 2. The van der Waals surface area contributed by atoms with Crippen LogP contribution in [0.4, 0.5) is 5.69 Å². The van der Waals surface area contributed by atoms with Gasteiger partial charge in [-0.2, -0.15) is 5.10 Å². The maximum absolute atomic E-state index is 11.8. The first-order valence-electron chi connectivity index (χ1n) is 5.82. The third kappa shape index (κ3) is 3.54. The van der Waals surface area contributed by atoms with Gasteiger partial charge in [-0.25, -0.2) is 0 Å². The lowest BCUT2D eigenvalue weighted by Crippen LogP contribution is -2.09. The zero-order valence-corrected chi connectivity index (χ0v) is 12.3. The Hall–Kier alpha value is -1.88. The largest absolute Gasteiger partial charge is 0.319 e. The Morgan fingerprint density at radius 1 is 1.42 bits per heavy atom. The Morgan fingerprint density at radius 3 is 2.84 bits per heavy atom. The van der Waals surface area contributed by atoms with Crippen LogP contribution < -0.4 is 5.32 Å². The third-order valence-electron chi connectivity index (χ3n) is 2.65. The molecule has 1 amide bonds. The number of nitrogens with one attached hydrogen (secondary N) is 2. The zero-order valence-electron chi connectivity index (χ0n) is 10.7. The minimum absolute atomic E-state index is 0.174. The summed E-state index contributed by atoms with van der Waals surface area (Å²) < 4.78 is 0.983. The van der Waals surface area contributed by atoms with Crippen molar-refractivity contribution in [2.75, 3.05) is 5.32 Å². The van der Waals surface area contributed by atoms with Crippen molar-refractivity contribution in [3.8, 4) is 0 Å². The van der Waals surface area contributed by atoms with E-state index < -0.39 is 0 Å². The van der Waals surface area contributed by atoms with Gasteiger partial charge in [0.25, 0.3) is 0 Å². The van der Waals surface area contributed by atoms with Gasteiger partial charge in [-0.05, 0) is 37.6 Å². The fourth-order valence-electron chi connectivity index (χ4n) is 1.68. The Labute approximate surface area is 120 Å². The van der Waals surface area contributed by atoms with E-state index in [2.05, 4.69) is 31.4 Å². The molecular formula is C14H14BrN3O. The SMILES string of the molecule is Cc1n[nH]c(C)c1NC(=O)/C=C/c1cccc(Br)c1. The van der Waals surface area contributed by atoms with Gasteiger partial charge in [-0.15, -0.1) is 0 Å². The highest BCUT2D eigenvalue weighted by molar-refractivity contribution is 9.10. The third-order valence-corrected chi connectivity index (χ3v) is 3.15. The number of halogens is 1. The Bertz CT molecular complexity index is 612. The van der Waals surface area contributed by atoms with E-state index in [1.165, 1.54) is 6.08 Å². The van der Waals surface area contributed by atoms with Crippen LogP contribution >= 0.6 is 15.9 Å². The second-order valence-electron chi connectivity index (χ2n) is 4.19. The number of nitrogens with zero attached hydrogens (tertiary/aromatic N) is 1. The van der Waals surface area contributed by atoms with Crippen molar-refractivity contribution in [2.24, 2.45) is 0 Å². The molecule has 0 aliphatic rings. The Kier molecular flexibility index (Phi) is 4.16. The number of carbonyl (C=O) groups is 1. The number of hydrogen-bond donors (Lipinski definition) is 2. The fourth-order valence-corrected chi connectivity index (χ4v) is 2.10. The molecular weight excluding hydrogens is 306 g/mol. The van der Waals surface area contributed by atoms with Gasteiger partial charge in [0.2, 0.25) is 5.91 Å². The summed E-state index contributed by atoms with van der Waals surface area (Å²) in [7, 11) is 0. The van der Waals surface area contributed by atoms with E-state index >= 15 is 0 Å². The molecule has 0 atom stereocenters. The molecule has 2 rings (SSSR count). The Morgan fingerprint density at radius 2 is 2.21 bits per heavy atom. The van der Waals surface area contributed by atoms with E-state index in [0.717, 1.165) is 27.1 Å². The van der Waals surface area contributed by atoms with Crippen LogP contribution in [0, 0.1) is 13.8 Å². The highest BCUT2D eigenvalue weighted by atomic mass is 79.9. The smallest absolute Gasteiger partial charge is 0.248 e. The lowest BCUT2D eigenvalue weighted by atomic mass is 10.2. The van der Waals surface area contributed by atoms with E-state index in [4.69, 9.17) is 0 Å². The molecule has 19 heavy (non-hydrogen) atoms. The molecule has 1 aromatic carbocycles. The molecule has 0 bridgehead atoms. The molecule has 2 N–H and O–H groups in total. The van der Waals surface area contributed by atoms with Crippen molar-refractivity contribution < 1.29 is 4.79 Å². The van der Waals surface area contributed by atoms with Crippen LogP contribution in [0.25, 0.3) is 6.08 Å². The average Bonchev–Trinajstić information content (AvgIpc) is 2.68. The molecule has 1 heterocycles. The van der Waals surface area contributed by atoms with Gasteiger partial charge >= 0.3 is 0 Å². The highest BCUT2D eigenvalue weighted by Gasteiger charge is 2.07. The van der Waals surface area contributed by atoms with Crippen LogP contribution in [-0.4, -0.2) is 16.1 Å². The van der Waals surface area contributed by atoms with Crippen LogP contribution in [0.1, 0.15) is 17.0 Å². The molecule has 0 aliphatic carbocycles. The Balaban J connectivity index is 2.06. The molecule has 0 spiro atoms. The molecule has 0 saturated carbocycles. The predicted molar refractivity (Wildman–Crippen MR) is 79.9 cm³/mol. The first kappa shape index (κ1) is 13.5. The van der Waals surface area contributed by atoms with Gasteiger partial charge < -0.3 is 5.32 Å². The predicted octanol–water partition coefficient (Wildman–Crippen LogP) is 3.44. The van der Waals surface area contributed by atoms with Crippen molar-refractivity contribution in [3.63, 3.8) is 0 Å². The number of H-pyrrole nitrogens is 1. The summed E-state index contributed by atoms with van der Waals surface area (Å²) >= 11 is 3.39. The maximum atomic E-state index is 11.8. The molecule has 0 fully saturated rings. The number of aryl methyl sites for hydroxylation is 2. The molecule has 0 saturated heterocycles. The number of benzene rings is 1. The van der Waals surface area contributed by atoms with Crippen molar-refractivity contribution in [2.45, 2.75) is 13.8 Å². The summed E-state index contributed by atoms with van der Waals surface area (Å²) in [5, 5.41) is 9.67. The molecule has 0 unspecified atom stereocenters. The van der Waals surface area contributed by atoms with Gasteiger partial charge in [-0.1, -0.05) is 28.1 Å². The van der Waals surface area contributed by atoms with E-state index in [0.29, 0.717) is 0 Å². The molecule has 2 aromatic rings. The van der Waals surface area contributed by atoms with E-state index in [1.54, 1.807) is 6.08 Å². The topological polar surface area (TPSA) is 57.8 Å². The van der Waals surface area contributed by atoms with Gasteiger partial charge in [0, 0.05) is 10.5 Å². The second-order valence-corrected chi connectivity index (χ2v) is 5.10. The van der Waals surface area contributed by atoms with Crippen molar-refractivity contribution in [1.29, 1.82) is 0 Å². The van der Waals surface area contributed by atoms with Gasteiger partial charge in [0.1, 0.15) is 0 Å². The van der Waals surface area contributed by atoms with Crippen LogP contribution in [0.5, 0.6) is 0 Å². The molecule has 0 radical (unpaired) electrons. The molecule has 5 heteroatoms. The van der Waals surface area contributed by atoms with Crippen molar-refractivity contribution in [1.82, 2.24) is 10.2 Å². The zero-order chi connectivity index (χ0) is 13.8. The molecule has 0 aliphatic heterocycles. The van der Waals surface area contributed by atoms with Crippen molar-refractivity contribution in [3.05, 3.63) is 51.8 Å². The number of aromatic amines is 1. The normalized spacial score (nSPS) is 10.9. The molecule has 1 aromatic heterocycles. The number of carbonyl (C=O) groups excluding carboxylic acids is 1. The number of amides is 1. The average molecular weight is 320 g/mol. The van der Waals surface area contributed by atoms with Crippen LogP contribution in [0.3, 0.4) is 0 Å². The maximum Gasteiger partial charge on any atom is 0.248 e. The minimum atomic E-state index is -0.174. The standard InChI is InChI=1S/C14H14BrN3O/c1-9-14(10(2)18-17-9)16-13(19)7-6-11-4-3-5-12(15)8-11/h3-8H,1-2H3,(H,16,19)(H,17,18)/b7-6+. The summed E-state index contributed by atoms with van der Waals surface area (Å²) in [5.41, 5.74) is 3.33. The summed E-state index contributed by atoms with van der Waals surface area (Å²) in [5.74, 6) is -0.174. The van der Waals surface area contributed by atoms with E-state index in [9.17, 15) is 4.79 Å². The van der Waals surface area contributed by atoms with E-state index in [1.807, 2.05) is 38.1 Å². The van der Waals surface area contributed by atoms with Gasteiger partial charge in [-0.3, -0.25) is 9.89 Å².